The molecule has 4 nitrogen and oxygen atoms in total. The maximum absolute atomic E-state index is 13.5. The molecule has 8 heteroatoms. The number of rotatable bonds is 3. The fraction of sp³-hybridized carbons (Fsp3) is 0.360. The fourth-order valence-electron chi connectivity index (χ4n) is 4.71. The molecule has 1 aliphatic heterocycles. The molecule has 0 saturated carbocycles. The zero-order chi connectivity index (χ0) is 24.1. The highest BCUT2D eigenvalue weighted by Crippen LogP contribution is 2.48. The van der Waals surface area contributed by atoms with E-state index in [2.05, 4.69) is 10.6 Å². The second-order valence-corrected chi connectivity index (χ2v) is 10.3. The number of halogens is 3. The molecule has 0 spiro atoms. The highest BCUT2D eigenvalue weighted by Gasteiger charge is 2.44. The third kappa shape index (κ3) is 4.36. The van der Waals surface area contributed by atoms with Gasteiger partial charge in [0.05, 0.1) is 17.2 Å². The molecule has 1 aromatic heterocycles. The first kappa shape index (κ1) is 23.3. The van der Waals surface area contributed by atoms with Crippen molar-refractivity contribution in [3.63, 3.8) is 0 Å². The van der Waals surface area contributed by atoms with E-state index in [0.29, 0.717) is 24.1 Å². The fourth-order valence-corrected chi connectivity index (χ4v) is 5.75. The molecule has 174 valence electrons. The first-order valence-corrected chi connectivity index (χ1v) is 11.5. The number of thiophene rings is 1. The van der Waals surface area contributed by atoms with Crippen LogP contribution in [-0.4, -0.2) is 11.7 Å². The van der Waals surface area contributed by atoms with Gasteiger partial charge in [0.2, 0.25) is 0 Å². The highest BCUT2D eigenvalue weighted by atomic mass is 32.1. The van der Waals surface area contributed by atoms with Gasteiger partial charge in [-0.05, 0) is 54.8 Å². The van der Waals surface area contributed by atoms with E-state index in [9.17, 15) is 22.8 Å². The maximum atomic E-state index is 13.5. The Bertz CT molecular complexity index is 1200. The molecule has 1 aliphatic carbocycles. The molecule has 1 unspecified atom stereocenters. The zero-order valence-corrected chi connectivity index (χ0v) is 19.6. The molecule has 0 bridgehead atoms. The number of nitrogens with one attached hydrogen (secondary N) is 2. The van der Waals surface area contributed by atoms with Gasteiger partial charge in [-0.15, -0.1) is 11.3 Å². The average molecular weight is 475 g/mol. The maximum Gasteiger partial charge on any atom is 0.418 e. The van der Waals surface area contributed by atoms with Crippen LogP contribution in [0.15, 0.2) is 58.3 Å². The summed E-state index contributed by atoms with van der Waals surface area (Å²) in [4.78, 5) is 27.6. The smallest absolute Gasteiger partial charge is 0.362 e. The Balaban J connectivity index is 1.80. The van der Waals surface area contributed by atoms with Crippen LogP contribution >= 0.6 is 11.3 Å². The standard InChI is InChI=1S/C25H25F3N2O2S/c1-13-9-10-33-22(13)21-19(14(2)29-17-11-24(3,4)12-18(31)20(17)21)23(32)30-16-8-6-5-7-15(16)25(26,27)28/h5-10,21,29H,11-12H2,1-4H3,(H,30,32). The van der Waals surface area contributed by atoms with E-state index in [1.807, 2.05) is 32.2 Å². The minimum atomic E-state index is -4.61. The van der Waals surface area contributed by atoms with Gasteiger partial charge in [-0.2, -0.15) is 13.2 Å². The summed E-state index contributed by atoms with van der Waals surface area (Å²) in [5.74, 6) is -1.32. The van der Waals surface area contributed by atoms with E-state index in [4.69, 9.17) is 0 Å². The molecule has 1 amide bonds. The van der Waals surface area contributed by atoms with Crippen LogP contribution in [0.3, 0.4) is 0 Å². The Labute approximate surface area is 194 Å². The molecule has 2 aromatic rings. The van der Waals surface area contributed by atoms with Gasteiger partial charge in [0.1, 0.15) is 0 Å². The molecule has 2 heterocycles. The molecular formula is C25H25F3N2O2S. The van der Waals surface area contributed by atoms with Crippen molar-refractivity contribution in [2.45, 2.75) is 52.6 Å². The van der Waals surface area contributed by atoms with Crippen LogP contribution in [0.5, 0.6) is 0 Å². The Morgan fingerprint density at radius 3 is 2.48 bits per heavy atom. The number of Topliss-reactive ketones (excluding diaryl/α,β-unsaturated/α-hetero) is 1. The summed E-state index contributed by atoms with van der Waals surface area (Å²) in [5, 5.41) is 7.60. The van der Waals surface area contributed by atoms with Gasteiger partial charge in [0.25, 0.3) is 5.91 Å². The van der Waals surface area contributed by atoms with E-state index in [0.717, 1.165) is 22.2 Å². The van der Waals surface area contributed by atoms with Gasteiger partial charge in [0.15, 0.2) is 5.78 Å². The lowest BCUT2D eigenvalue weighted by Gasteiger charge is -2.39. The summed E-state index contributed by atoms with van der Waals surface area (Å²) in [7, 11) is 0. The topological polar surface area (TPSA) is 58.2 Å². The number of carbonyl (C=O) groups excluding carboxylic acids is 2. The molecular weight excluding hydrogens is 449 g/mol. The largest absolute Gasteiger partial charge is 0.418 e. The number of amides is 1. The second-order valence-electron chi connectivity index (χ2n) is 9.40. The number of hydrogen-bond acceptors (Lipinski definition) is 4. The normalized spacial score (nSPS) is 20.5. The lowest BCUT2D eigenvalue weighted by Crippen LogP contribution is -2.39. The summed E-state index contributed by atoms with van der Waals surface area (Å²) >= 11 is 1.44. The Hall–Kier alpha value is -2.87. The lowest BCUT2D eigenvalue weighted by molar-refractivity contribution is -0.137. The number of allylic oxidation sites excluding steroid dienone is 3. The van der Waals surface area contributed by atoms with E-state index in [1.165, 1.54) is 29.5 Å². The number of hydrogen-bond donors (Lipinski definition) is 2. The van der Waals surface area contributed by atoms with Crippen molar-refractivity contribution in [1.82, 2.24) is 5.32 Å². The quantitative estimate of drug-likeness (QED) is 0.548. The number of aryl methyl sites for hydroxylation is 1. The molecule has 0 radical (unpaired) electrons. The van der Waals surface area contributed by atoms with Crippen LogP contribution in [0.2, 0.25) is 0 Å². The van der Waals surface area contributed by atoms with Gasteiger partial charge in [-0.1, -0.05) is 26.0 Å². The van der Waals surface area contributed by atoms with Crippen molar-refractivity contribution < 1.29 is 22.8 Å². The summed E-state index contributed by atoms with van der Waals surface area (Å²) in [6.07, 6.45) is -3.61. The number of dihydropyridines is 1. The molecule has 1 atom stereocenters. The van der Waals surface area contributed by atoms with Crippen molar-refractivity contribution in [2.75, 3.05) is 5.32 Å². The molecule has 0 fully saturated rings. The van der Waals surface area contributed by atoms with Gasteiger partial charge in [-0.3, -0.25) is 9.59 Å². The van der Waals surface area contributed by atoms with Gasteiger partial charge in [-0.25, -0.2) is 0 Å². The average Bonchev–Trinajstić information content (AvgIpc) is 3.10. The predicted octanol–water partition coefficient (Wildman–Crippen LogP) is 6.32. The Kier molecular flexibility index (Phi) is 5.76. The molecule has 4 rings (SSSR count). The summed E-state index contributed by atoms with van der Waals surface area (Å²) in [6.45, 7) is 7.69. The minimum Gasteiger partial charge on any atom is -0.362 e. The number of carbonyl (C=O) groups is 2. The first-order chi connectivity index (χ1) is 15.4. The van der Waals surface area contributed by atoms with E-state index in [1.54, 1.807) is 6.92 Å². The first-order valence-electron chi connectivity index (χ1n) is 10.6. The molecule has 2 N–H and O–H groups in total. The molecule has 33 heavy (non-hydrogen) atoms. The monoisotopic (exact) mass is 474 g/mol. The third-order valence-corrected chi connectivity index (χ3v) is 7.21. The van der Waals surface area contributed by atoms with E-state index in [-0.39, 0.29) is 22.5 Å². The SMILES string of the molecule is CC1=C(C(=O)Nc2ccccc2C(F)(F)F)C(c2sccc2C)C2=C(CC(C)(C)CC2=O)N1. The van der Waals surface area contributed by atoms with Crippen molar-refractivity contribution >= 4 is 28.7 Å². The number of para-hydroxylation sites is 1. The highest BCUT2D eigenvalue weighted by molar-refractivity contribution is 7.10. The van der Waals surface area contributed by atoms with Gasteiger partial charge in [0, 0.05) is 33.8 Å². The zero-order valence-electron chi connectivity index (χ0n) is 18.8. The summed E-state index contributed by atoms with van der Waals surface area (Å²) < 4.78 is 40.5. The minimum absolute atomic E-state index is 0.0416. The van der Waals surface area contributed by atoms with E-state index < -0.39 is 23.6 Å². The van der Waals surface area contributed by atoms with Crippen LogP contribution in [0.25, 0.3) is 0 Å². The van der Waals surface area contributed by atoms with Crippen LogP contribution < -0.4 is 10.6 Å². The number of anilines is 1. The van der Waals surface area contributed by atoms with Crippen molar-refractivity contribution in [2.24, 2.45) is 5.41 Å². The number of benzene rings is 1. The van der Waals surface area contributed by atoms with Crippen LogP contribution in [0.4, 0.5) is 18.9 Å². The summed E-state index contributed by atoms with van der Waals surface area (Å²) in [5.41, 5.74) is 1.63. The lowest BCUT2D eigenvalue weighted by atomic mass is 9.69. The second kappa shape index (κ2) is 8.17. The molecule has 2 aliphatic rings. The Morgan fingerprint density at radius 2 is 1.85 bits per heavy atom. The van der Waals surface area contributed by atoms with Crippen molar-refractivity contribution in [3.8, 4) is 0 Å². The summed E-state index contributed by atoms with van der Waals surface area (Å²) in [6, 6.07) is 6.81. The number of alkyl halides is 3. The van der Waals surface area contributed by atoms with Crippen LogP contribution in [0.1, 0.15) is 55.5 Å². The van der Waals surface area contributed by atoms with Crippen molar-refractivity contribution in [3.05, 3.63) is 74.3 Å². The van der Waals surface area contributed by atoms with Crippen LogP contribution in [0, 0.1) is 12.3 Å². The number of ketones is 1. The van der Waals surface area contributed by atoms with Crippen molar-refractivity contribution in [1.29, 1.82) is 0 Å². The molecule has 0 saturated heterocycles. The van der Waals surface area contributed by atoms with Crippen LogP contribution in [-0.2, 0) is 15.8 Å². The van der Waals surface area contributed by atoms with Gasteiger partial charge >= 0.3 is 6.18 Å². The Morgan fingerprint density at radius 1 is 1.15 bits per heavy atom. The van der Waals surface area contributed by atoms with Gasteiger partial charge < -0.3 is 10.6 Å². The predicted molar refractivity (Wildman–Crippen MR) is 123 cm³/mol. The third-order valence-electron chi connectivity index (χ3n) is 6.13. The molecule has 1 aromatic carbocycles. The van der Waals surface area contributed by atoms with E-state index >= 15 is 0 Å².